The van der Waals surface area contributed by atoms with E-state index in [4.69, 9.17) is 5.73 Å². The highest BCUT2D eigenvalue weighted by Crippen LogP contribution is 2.19. The monoisotopic (exact) mass is 223 g/mol. The maximum absolute atomic E-state index is 5.64. The smallest absolute Gasteiger partial charge is 0.0112 e. The van der Waals surface area contributed by atoms with Crippen LogP contribution in [-0.4, -0.2) is 6.54 Å². The molecule has 2 aromatic carbocycles. The minimum absolute atomic E-state index is 0.580. The van der Waals surface area contributed by atoms with Crippen molar-refractivity contribution >= 4 is 5.57 Å². The molecule has 2 aromatic rings. The largest absolute Gasteiger partial charge is 0.327 e. The van der Waals surface area contributed by atoms with Crippen molar-refractivity contribution in [1.29, 1.82) is 0 Å². The molecule has 86 valence electrons. The Labute approximate surface area is 103 Å². The Bertz CT molecular complexity index is 471. The van der Waals surface area contributed by atoms with Crippen molar-refractivity contribution in [1.82, 2.24) is 0 Å². The van der Waals surface area contributed by atoms with E-state index >= 15 is 0 Å². The highest BCUT2D eigenvalue weighted by atomic mass is 14.5. The number of hydrogen-bond donors (Lipinski definition) is 1. The van der Waals surface area contributed by atoms with Gasteiger partial charge in [0, 0.05) is 6.54 Å². The Balaban J connectivity index is 2.23. The molecule has 0 heterocycles. The second kappa shape index (κ2) is 6.02. The minimum atomic E-state index is 0.580. The van der Waals surface area contributed by atoms with E-state index in [1.54, 1.807) is 0 Å². The molecular weight excluding hydrogens is 206 g/mol. The molecule has 1 nitrogen and oxygen atoms in total. The van der Waals surface area contributed by atoms with Gasteiger partial charge in [-0.1, -0.05) is 66.7 Å². The lowest BCUT2D eigenvalue weighted by Gasteiger charge is -2.08. The molecule has 0 spiro atoms. The highest BCUT2D eigenvalue weighted by Gasteiger charge is 2.01. The van der Waals surface area contributed by atoms with E-state index < -0.39 is 0 Å². The average molecular weight is 223 g/mol. The third-order valence-electron chi connectivity index (χ3n) is 2.75. The second-order valence-electron chi connectivity index (χ2n) is 3.99. The van der Waals surface area contributed by atoms with Crippen LogP contribution >= 0.6 is 0 Å². The van der Waals surface area contributed by atoms with E-state index in [0.717, 1.165) is 6.42 Å². The van der Waals surface area contributed by atoms with Crippen LogP contribution in [0.15, 0.2) is 66.7 Å². The zero-order chi connectivity index (χ0) is 11.9. The molecule has 1 heteroatoms. The van der Waals surface area contributed by atoms with E-state index in [1.807, 2.05) is 12.1 Å². The predicted octanol–water partition coefficient (Wildman–Crippen LogP) is 3.27. The van der Waals surface area contributed by atoms with Gasteiger partial charge in [-0.05, 0) is 23.1 Å². The maximum Gasteiger partial charge on any atom is 0.0112 e. The van der Waals surface area contributed by atoms with Gasteiger partial charge < -0.3 is 5.73 Å². The summed E-state index contributed by atoms with van der Waals surface area (Å²) in [5, 5.41) is 0. The molecule has 2 N–H and O–H groups in total. The van der Waals surface area contributed by atoms with Gasteiger partial charge in [0.05, 0.1) is 0 Å². The van der Waals surface area contributed by atoms with Crippen LogP contribution in [0.25, 0.3) is 5.57 Å². The van der Waals surface area contributed by atoms with Crippen molar-refractivity contribution < 1.29 is 0 Å². The number of nitrogens with two attached hydrogens (primary N) is 1. The van der Waals surface area contributed by atoms with Gasteiger partial charge in [-0.3, -0.25) is 0 Å². The first-order valence-electron chi connectivity index (χ1n) is 5.88. The molecule has 0 amide bonds. The van der Waals surface area contributed by atoms with Crippen molar-refractivity contribution in [3.63, 3.8) is 0 Å². The average Bonchev–Trinajstić information content (AvgIpc) is 2.40. The van der Waals surface area contributed by atoms with Gasteiger partial charge in [0.1, 0.15) is 0 Å². The van der Waals surface area contributed by atoms with Gasteiger partial charge in [-0.15, -0.1) is 0 Å². The van der Waals surface area contributed by atoms with E-state index in [9.17, 15) is 0 Å². The van der Waals surface area contributed by atoms with E-state index in [1.165, 1.54) is 16.7 Å². The Morgan fingerprint density at radius 3 is 2.06 bits per heavy atom. The molecule has 0 aromatic heterocycles. The molecule has 0 bridgehead atoms. The fraction of sp³-hybridized carbons (Fsp3) is 0.125. The molecule has 0 atom stereocenters. The van der Waals surface area contributed by atoms with E-state index in [0.29, 0.717) is 6.54 Å². The fourth-order valence-electron chi connectivity index (χ4n) is 1.90. The van der Waals surface area contributed by atoms with Gasteiger partial charge in [-0.2, -0.15) is 0 Å². The Kier molecular flexibility index (Phi) is 4.11. The van der Waals surface area contributed by atoms with Crippen LogP contribution in [-0.2, 0) is 6.42 Å². The lowest BCUT2D eigenvalue weighted by molar-refractivity contribution is 1.21. The SMILES string of the molecule is NCC=C(Cc1ccccc1)c1ccccc1. The fourth-order valence-corrected chi connectivity index (χ4v) is 1.90. The summed E-state index contributed by atoms with van der Waals surface area (Å²) in [6.07, 6.45) is 3.03. The zero-order valence-electron chi connectivity index (χ0n) is 9.84. The number of benzene rings is 2. The topological polar surface area (TPSA) is 26.0 Å². The van der Waals surface area contributed by atoms with Crippen LogP contribution in [0.5, 0.6) is 0 Å². The van der Waals surface area contributed by atoms with Gasteiger partial charge in [0.15, 0.2) is 0 Å². The summed E-state index contributed by atoms with van der Waals surface area (Å²) in [6, 6.07) is 20.9. The standard InChI is InChI=1S/C16H17N/c17-12-11-16(15-9-5-2-6-10-15)13-14-7-3-1-4-8-14/h1-11H,12-13,17H2. The third-order valence-corrected chi connectivity index (χ3v) is 2.75. The van der Waals surface area contributed by atoms with Gasteiger partial charge in [0.25, 0.3) is 0 Å². The summed E-state index contributed by atoms with van der Waals surface area (Å²) in [4.78, 5) is 0. The van der Waals surface area contributed by atoms with Crippen molar-refractivity contribution in [3.8, 4) is 0 Å². The number of hydrogen-bond acceptors (Lipinski definition) is 1. The molecule has 0 radical (unpaired) electrons. The summed E-state index contributed by atoms with van der Waals surface area (Å²) in [5.41, 5.74) is 9.50. The molecule has 0 saturated heterocycles. The molecule has 2 rings (SSSR count). The summed E-state index contributed by atoms with van der Waals surface area (Å²) in [5.74, 6) is 0. The normalized spacial score (nSPS) is 11.5. The third kappa shape index (κ3) is 3.30. The van der Waals surface area contributed by atoms with Crippen molar-refractivity contribution in [2.75, 3.05) is 6.54 Å². The minimum Gasteiger partial charge on any atom is -0.327 e. The lowest BCUT2D eigenvalue weighted by Crippen LogP contribution is -1.98. The van der Waals surface area contributed by atoms with Crippen LogP contribution in [0.1, 0.15) is 11.1 Å². The Morgan fingerprint density at radius 1 is 0.882 bits per heavy atom. The summed E-state index contributed by atoms with van der Waals surface area (Å²) in [7, 11) is 0. The van der Waals surface area contributed by atoms with Crippen molar-refractivity contribution in [2.24, 2.45) is 5.73 Å². The molecule has 0 unspecified atom stereocenters. The van der Waals surface area contributed by atoms with E-state index in [-0.39, 0.29) is 0 Å². The van der Waals surface area contributed by atoms with Crippen LogP contribution < -0.4 is 5.73 Å². The van der Waals surface area contributed by atoms with Crippen molar-refractivity contribution in [2.45, 2.75) is 6.42 Å². The van der Waals surface area contributed by atoms with Gasteiger partial charge in [0.2, 0.25) is 0 Å². The van der Waals surface area contributed by atoms with Crippen LogP contribution in [0.2, 0.25) is 0 Å². The van der Waals surface area contributed by atoms with Crippen LogP contribution in [0.3, 0.4) is 0 Å². The summed E-state index contributed by atoms with van der Waals surface area (Å²) < 4.78 is 0. The predicted molar refractivity (Wildman–Crippen MR) is 73.6 cm³/mol. The first-order chi connectivity index (χ1) is 8.40. The first-order valence-corrected chi connectivity index (χ1v) is 5.88. The van der Waals surface area contributed by atoms with Crippen LogP contribution in [0.4, 0.5) is 0 Å². The molecular formula is C16H17N. The number of allylic oxidation sites excluding steroid dienone is 1. The highest BCUT2D eigenvalue weighted by molar-refractivity contribution is 5.67. The molecule has 0 saturated carbocycles. The molecule has 0 aliphatic carbocycles. The quantitative estimate of drug-likeness (QED) is 0.845. The van der Waals surface area contributed by atoms with Crippen molar-refractivity contribution in [3.05, 3.63) is 77.9 Å². The molecule has 0 fully saturated rings. The molecule has 17 heavy (non-hydrogen) atoms. The molecule has 0 aliphatic heterocycles. The molecule has 0 aliphatic rings. The van der Waals surface area contributed by atoms with Gasteiger partial charge >= 0.3 is 0 Å². The second-order valence-corrected chi connectivity index (χ2v) is 3.99. The maximum atomic E-state index is 5.64. The zero-order valence-corrected chi connectivity index (χ0v) is 9.84. The summed E-state index contributed by atoms with van der Waals surface area (Å²) >= 11 is 0. The lowest BCUT2D eigenvalue weighted by atomic mass is 9.98. The Hall–Kier alpha value is -1.86. The first kappa shape index (κ1) is 11.6. The van der Waals surface area contributed by atoms with Crippen LogP contribution in [0, 0.1) is 0 Å². The van der Waals surface area contributed by atoms with E-state index in [2.05, 4.69) is 54.6 Å². The van der Waals surface area contributed by atoms with Gasteiger partial charge in [-0.25, -0.2) is 0 Å². The Morgan fingerprint density at radius 2 is 1.47 bits per heavy atom. The number of rotatable bonds is 4. The summed E-state index contributed by atoms with van der Waals surface area (Å²) in [6.45, 7) is 0.580.